The Morgan fingerprint density at radius 1 is 1.02 bits per heavy atom. The third kappa shape index (κ3) is 6.36. The predicted molar refractivity (Wildman–Crippen MR) is 171 cm³/mol. The highest BCUT2D eigenvalue weighted by molar-refractivity contribution is 7.22. The van der Waals surface area contributed by atoms with Crippen LogP contribution in [0.2, 0.25) is 5.02 Å². The van der Waals surface area contributed by atoms with Crippen LogP contribution in [0.4, 0.5) is 0 Å². The number of benzene rings is 3. The number of H-pyrrole nitrogens is 1. The molecule has 0 fully saturated rings. The number of carbonyl (C=O) groups is 1. The summed E-state index contributed by atoms with van der Waals surface area (Å²) in [4.78, 5) is 21.4. The fourth-order valence-corrected chi connectivity index (χ4v) is 6.07. The zero-order valence-electron chi connectivity index (χ0n) is 24.0. The summed E-state index contributed by atoms with van der Waals surface area (Å²) >= 11 is 7.70. The first-order valence-corrected chi connectivity index (χ1v) is 14.6. The lowest BCUT2D eigenvalue weighted by Crippen LogP contribution is -2.10. The van der Waals surface area contributed by atoms with Gasteiger partial charge in [0, 0.05) is 33.3 Å². The maximum absolute atomic E-state index is 11.7. The number of nitrogens with zero attached hydrogens (tertiary/aromatic N) is 3. The highest BCUT2D eigenvalue weighted by Gasteiger charge is 2.20. The molecule has 7 nitrogen and oxygen atoms in total. The molecule has 3 N–H and O–H groups in total. The molecule has 3 aromatic carbocycles. The third-order valence-electron chi connectivity index (χ3n) is 6.65. The number of rotatable bonds is 5. The number of thiazole rings is 1. The molecule has 0 saturated carbocycles. The van der Waals surface area contributed by atoms with Gasteiger partial charge in [0.15, 0.2) is 0 Å². The lowest BCUT2D eigenvalue weighted by atomic mass is 9.93. The SMILES string of the molecule is CC(C)(C)O.Cc1cc2nc(-c3ccnc(-c4ccc5[nH]ncc5c4C)c3)sc2c(-c2ccc(Cl)cc2)c1CC(=O)O. The quantitative estimate of drug-likeness (QED) is 0.184. The molecule has 0 spiro atoms. The molecule has 6 aromatic rings. The maximum atomic E-state index is 11.7. The fourth-order valence-electron chi connectivity index (χ4n) is 4.81. The Labute approximate surface area is 252 Å². The van der Waals surface area contributed by atoms with Crippen LogP contribution < -0.4 is 0 Å². The van der Waals surface area contributed by atoms with Gasteiger partial charge in [0.2, 0.25) is 0 Å². The topological polar surface area (TPSA) is 112 Å². The Morgan fingerprint density at radius 3 is 2.43 bits per heavy atom. The number of hydrogen-bond acceptors (Lipinski definition) is 6. The Hall–Kier alpha value is -4.11. The molecule has 0 atom stereocenters. The Morgan fingerprint density at radius 2 is 1.74 bits per heavy atom. The van der Waals surface area contributed by atoms with E-state index in [2.05, 4.69) is 34.2 Å². The van der Waals surface area contributed by atoms with Crippen molar-refractivity contribution in [2.45, 2.75) is 46.6 Å². The summed E-state index contributed by atoms with van der Waals surface area (Å²) in [6, 6.07) is 17.6. The number of halogens is 1. The second-order valence-corrected chi connectivity index (χ2v) is 12.6. The molecule has 0 aliphatic carbocycles. The van der Waals surface area contributed by atoms with Gasteiger partial charge in [-0.1, -0.05) is 29.8 Å². The summed E-state index contributed by atoms with van der Waals surface area (Å²) in [5.74, 6) is -0.869. The Balaban J connectivity index is 0.000000652. The van der Waals surface area contributed by atoms with Gasteiger partial charge in [0.25, 0.3) is 0 Å². The number of carboxylic acid groups (broad SMARTS) is 1. The van der Waals surface area contributed by atoms with Crippen molar-refractivity contribution in [1.29, 1.82) is 0 Å². The lowest BCUT2D eigenvalue weighted by molar-refractivity contribution is -0.136. The summed E-state index contributed by atoms with van der Waals surface area (Å²) in [6.07, 6.45) is 3.57. The number of aryl methyl sites for hydroxylation is 2. The number of aliphatic hydroxyl groups is 1. The van der Waals surface area contributed by atoms with Crippen molar-refractivity contribution in [1.82, 2.24) is 20.2 Å². The van der Waals surface area contributed by atoms with E-state index in [0.717, 1.165) is 70.8 Å². The van der Waals surface area contributed by atoms with Gasteiger partial charge in [-0.2, -0.15) is 5.10 Å². The van der Waals surface area contributed by atoms with E-state index in [1.807, 2.05) is 55.6 Å². The second kappa shape index (κ2) is 11.6. The van der Waals surface area contributed by atoms with Crippen molar-refractivity contribution in [3.63, 3.8) is 0 Å². The van der Waals surface area contributed by atoms with Gasteiger partial charge in [-0.15, -0.1) is 11.3 Å². The number of aliphatic carboxylic acids is 1. The summed E-state index contributed by atoms with van der Waals surface area (Å²) in [6.45, 7) is 9.24. The van der Waals surface area contributed by atoms with E-state index in [1.165, 1.54) is 0 Å². The van der Waals surface area contributed by atoms with Gasteiger partial charge in [0.1, 0.15) is 5.01 Å². The van der Waals surface area contributed by atoms with Gasteiger partial charge in [-0.05, 0) is 93.3 Å². The molecule has 0 unspecified atom stereocenters. The standard InChI is InChI=1S/C29H21ClN4O2S.C4H10O/c1-15-11-25-28(27(21(15)13-26(35)36)17-3-5-19(30)6-4-17)37-29(33-25)18-9-10-31-24(12-18)20-7-8-23-22(16(20)2)14-32-34-23;1-4(2,3)5/h3-12,14H,13H2,1-2H3,(H,32,34)(H,35,36);5H,1-3H3. The molecule has 0 amide bonds. The largest absolute Gasteiger partial charge is 0.481 e. The number of aromatic nitrogens is 4. The highest BCUT2D eigenvalue weighted by Crippen LogP contribution is 2.41. The van der Waals surface area contributed by atoms with Crippen LogP contribution in [0, 0.1) is 13.8 Å². The minimum atomic E-state index is -0.869. The van der Waals surface area contributed by atoms with Crippen LogP contribution >= 0.6 is 22.9 Å². The predicted octanol–water partition coefficient (Wildman–Crippen LogP) is 8.24. The van der Waals surface area contributed by atoms with Gasteiger partial charge in [-0.25, -0.2) is 4.98 Å². The van der Waals surface area contributed by atoms with E-state index < -0.39 is 11.6 Å². The summed E-state index contributed by atoms with van der Waals surface area (Å²) < 4.78 is 0.952. The van der Waals surface area contributed by atoms with Crippen molar-refractivity contribution < 1.29 is 15.0 Å². The molecule has 0 saturated heterocycles. The fraction of sp³-hybridized carbons (Fsp3) is 0.212. The van der Waals surface area contributed by atoms with Gasteiger partial charge < -0.3 is 10.2 Å². The van der Waals surface area contributed by atoms with Crippen LogP contribution in [0.3, 0.4) is 0 Å². The van der Waals surface area contributed by atoms with E-state index in [-0.39, 0.29) is 6.42 Å². The van der Waals surface area contributed by atoms with E-state index in [9.17, 15) is 9.90 Å². The molecule has 214 valence electrons. The molecule has 3 aromatic heterocycles. The third-order valence-corrected chi connectivity index (χ3v) is 8.04. The molecule has 3 heterocycles. The van der Waals surface area contributed by atoms with Gasteiger partial charge in [-0.3, -0.25) is 14.9 Å². The molecule has 6 rings (SSSR count). The van der Waals surface area contributed by atoms with Crippen LogP contribution in [-0.2, 0) is 11.2 Å². The number of carboxylic acids is 1. The molecule has 0 aliphatic heterocycles. The number of aromatic amines is 1. The number of hydrogen-bond donors (Lipinski definition) is 3. The minimum absolute atomic E-state index is 0.0673. The van der Waals surface area contributed by atoms with Crippen molar-refractivity contribution >= 4 is 50.0 Å². The molecular formula is C33H31ClN4O3S. The monoisotopic (exact) mass is 598 g/mol. The molecule has 42 heavy (non-hydrogen) atoms. The number of pyridine rings is 1. The van der Waals surface area contributed by atoms with Crippen LogP contribution in [0.5, 0.6) is 0 Å². The van der Waals surface area contributed by atoms with Crippen molar-refractivity contribution in [2.75, 3.05) is 0 Å². The van der Waals surface area contributed by atoms with Crippen LogP contribution in [0.15, 0.2) is 67.0 Å². The van der Waals surface area contributed by atoms with Crippen molar-refractivity contribution in [3.8, 4) is 33.0 Å². The van der Waals surface area contributed by atoms with E-state index in [1.54, 1.807) is 38.3 Å². The smallest absolute Gasteiger partial charge is 0.307 e. The van der Waals surface area contributed by atoms with Crippen molar-refractivity contribution in [3.05, 3.63) is 88.7 Å². The summed E-state index contributed by atoms with van der Waals surface area (Å²) in [5, 5.41) is 27.9. The minimum Gasteiger partial charge on any atom is -0.481 e. The van der Waals surface area contributed by atoms with Crippen LogP contribution in [-0.4, -0.2) is 41.9 Å². The van der Waals surface area contributed by atoms with Gasteiger partial charge in [0.05, 0.1) is 39.6 Å². The average molecular weight is 599 g/mol. The Kier molecular flexibility index (Phi) is 8.14. The average Bonchev–Trinajstić information content (AvgIpc) is 3.57. The zero-order valence-corrected chi connectivity index (χ0v) is 25.6. The van der Waals surface area contributed by atoms with E-state index in [4.69, 9.17) is 21.7 Å². The van der Waals surface area contributed by atoms with Crippen molar-refractivity contribution in [2.24, 2.45) is 0 Å². The van der Waals surface area contributed by atoms with Crippen LogP contribution in [0.1, 0.15) is 37.5 Å². The Bertz CT molecular complexity index is 1910. The van der Waals surface area contributed by atoms with Crippen LogP contribution in [0.25, 0.3) is 54.1 Å². The normalized spacial score (nSPS) is 11.5. The number of nitrogens with one attached hydrogen (secondary N) is 1. The second-order valence-electron chi connectivity index (χ2n) is 11.2. The molecule has 9 heteroatoms. The molecule has 0 bridgehead atoms. The first kappa shape index (κ1) is 29.4. The van der Waals surface area contributed by atoms with Gasteiger partial charge >= 0.3 is 5.97 Å². The highest BCUT2D eigenvalue weighted by atomic mass is 35.5. The summed E-state index contributed by atoms with van der Waals surface area (Å²) in [5.41, 5.74) is 8.80. The summed E-state index contributed by atoms with van der Waals surface area (Å²) in [7, 11) is 0. The molecular weight excluding hydrogens is 568 g/mol. The molecule has 0 aliphatic rings. The molecule has 0 radical (unpaired) electrons. The maximum Gasteiger partial charge on any atom is 0.307 e. The van der Waals surface area contributed by atoms with E-state index in [0.29, 0.717) is 5.02 Å². The lowest BCUT2D eigenvalue weighted by Gasteiger charge is -2.13. The first-order valence-electron chi connectivity index (χ1n) is 13.4. The first-order chi connectivity index (χ1) is 19.9. The number of fused-ring (bicyclic) bond motifs is 2. The zero-order chi connectivity index (χ0) is 30.2. The van der Waals surface area contributed by atoms with E-state index >= 15 is 0 Å².